The lowest BCUT2D eigenvalue weighted by molar-refractivity contribution is -0.386. The average Bonchev–Trinajstić information content (AvgIpc) is 2.38. The molecule has 0 saturated carbocycles. The fourth-order valence-electron chi connectivity index (χ4n) is 1.92. The molecule has 1 fully saturated rings. The third-order valence-corrected chi connectivity index (χ3v) is 3.04. The van der Waals surface area contributed by atoms with E-state index in [1.165, 1.54) is 13.2 Å². The van der Waals surface area contributed by atoms with Crippen molar-refractivity contribution in [2.24, 2.45) is 0 Å². The van der Waals surface area contributed by atoms with Crippen LogP contribution in [-0.4, -0.2) is 55.1 Å². The summed E-state index contributed by atoms with van der Waals surface area (Å²) in [4.78, 5) is 18.8. The van der Waals surface area contributed by atoms with E-state index in [9.17, 15) is 10.1 Å². The fraction of sp³-hybridized carbons (Fsp3) is 0.545. The van der Waals surface area contributed by atoms with Gasteiger partial charge in [-0.3, -0.25) is 10.1 Å². The first kappa shape index (κ1) is 12.6. The standard InChI is InChI=1S/C11H16N4O3/c1-13-5-7-14(8-6-13)10-4-3-9(15(16)17)11(12-10)18-2/h3-4H,5-8H2,1-2H3. The number of hydrogen-bond acceptors (Lipinski definition) is 6. The third kappa shape index (κ3) is 2.51. The van der Waals surface area contributed by atoms with Crippen molar-refractivity contribution in [3.8, 4) is 5.88 Å². The smallest absolute Gasteiger partial charge is 0.331 e. The normalized spacial score (nSPS) is 16.7. The van der Waals surface area contributed by atoms with Gasteiger partial charge in [-0.15, -0.1) is 0 Å². The highest BCUT2D eigenvalue weighted by Gasteiger charge is 2.20. The molecule has 1 aromatic heterocycles. The Bertz CT molecular complexity index is 444. The van der Waals surface area contributed by atoms with Gasteiger partial charge in [0.15, 0.2) is 0 Å². The minimum Gasteiger partial charge on any atom is -0.476 e. The molecule has 0 N–H and O–H groups in total. The van der Waals surface area contributed by atoms with Gasteiger partial charge < -0.3 is 14.5 Å². The lowest BCUT2D eigenvalue weighted by Crippen LogP contribution is -2.44. The molecule has 0 radical (unpaired) electrons. The molecule has 2 heterocycles. The Labute approximate surface area is 105 Å². The molecule has 98 valence electrons. The topological polar surface area (TPSA) is 71.7 Å². The van der Waals surface area contributed by atoms with Crippen LogP contribution in [0.15, 0.2) is 12.1 Å². The molecule has 0 unspecified atom stereocenters. The molecule has 18 heavy (non-hydrogen) atoms. The first-order valence-corrected chi connectivity index (χ1v) is 5.74. The van der Waals surface area contributed by atoms with E-state index in [1.54, 1.807) is 6.07 Å². The summed E-state index contributed by atoms with van der Waals surface area (Å²) in [5, 5.41) is 10.8. The SMILES string of the molecule is COc1nc(N2CCN(C)CC2)ccc1[N+](=O)[O-]. The van der Waals surface area contributed by atoms with Crippen LogP contribution in [0.4, 0.5) is 11.5 Å². The maximum atomic E-state index is 10.8. The molecule has 7 nitrogen and oxygen atoms in total. The first-order chi connectivity index (χ1) is 8.61. The van der Waals surface area contributed by atoms with Gasteiger partial charge in [0.05, 0.1) is 12.0 Å². The molecule has 7 heteroatoms. The van der Waals surface area contributed by atoms with Crippen LogP contribution in [0.25, 0.3) is 0 Å². The molecule has 0 amide bonds. The number of anilines is 1. The monoisotopic (exact) mass is 252 g/mol. The maximum absolute atomic E-state index is 10.8. The molecular weight excluding hydrogens is 236 g/mol. The zero-order chi connectivity index (χ0) is 13.1. The predicted molar refractivity (Wildman–Crippen MR) is 67.2 cm³/mol. The number of hydrogen-bond donors (Lipinski definition) is 0. The first-order valence-electron chi connectivity index (χ1n) is 5.74. The van der Waals surface area contributed by atoms with Crippen LogP contribution < -0.4 is 9.64 Å². The Kier molecular flexibility index (Phi) is 3.61. The number of nitrogens with zero attached hydrogens (tertiary/aromatic N) is 4. The van der Waals surface area contributed by atoms with E-state index in [0.29, 0.717) is 0 Å². The molecule has 1 aliphatic heterocycles. The highest BCUT2D eigenvalue weighted by atomic mass is 16.6. The molecule has 0 aliphatic carbocycles. The Hall–Kier alpha value is -1.89. The van der Waals surface area contributed by atoms with Crippen molar-refractivity contribution in [1.29, 1.82) is 0 Å². The van der Waals surface area contributed by atoms with E-state index in [4.69, 9.17) is 4.74 Å². The zero-order valence-electron chi connectivity index (χ0n) is 10.5. The largest absolute Gasteiger partial charge is 0.476 e. The van der Waals surface area contributed by atoms with Gasteiger partial charge in [-0.25, -0.2) is 0 Å². The van der Waals surface area contributed by atoms with Crippen molar-refractivity contribution < 1.29 is 9.66 Å². The van der Waals surface area contributed by atoms with E-state index in [0.717, 1.165) is 32.0 Å². The number of aromatic nitrogens is 1. The van der Waals surface area contributed by atoms with Crippen LogP contribution in [0, 0.1) is 10.1 Å². The average molecular weight is 252 g/mol. The van der Waals surface area contributed by atoms with Crippen molar-refractivity contribution >= 4 is 11.5 Å². The molecule has 0 aromatic carbocycles. The molecular formula is C11H16N4O3. The number of piperazine rings is 1. The van der Waals surface area contributed by atoms with Gasteiger partial charge >= 0.3 is 5.69 Å². The third-order valence-electron chi connectivity index (χ3n) is 3.04. The minimum atomic E-state index is -0.487. The summed E-state index contributed by atoms with van der Waals surface area (Å²) in [6, 6.07) is 3.12. The summed E-state index contributed by atoms with van der Waals surface area (Å²) >= 11 is 0. The highest BCUT2D eigenvalue weighted by molar-refractivity contribution is 5.50. The Balaban J connectivity index is 2.22. The van der Waals surface area contributed by atoms with Gasteiger partial charge in [-0.1, -0.05) is 0 Å². The van der Waals surface area contributed by atoms with Gasteiger partial charge in [0.2, 0.25) is 0 Å². The van der Waals surface area contributed by atoms with Crippen molar-refractivity contribution in [1.82, 2.24) is 9.88 Å². The lowest BCUT2D eigenvalue weighted by Gasteiger charge is -2.33. The fourth-order valence-corrected chi connectivity index (χ4v) is 1.92. The summed E-state index contributed by atoms with van der Waals surface area (Å²) in [5.41, 5.74) is -0.102. The Morgan fingerprint density at radius 2 is 2.00 bits per heavy atom. The minimum absolute atomic E-state index is 0.0661. The number of likely N-dealkylation sites (N-methyl/N-ethyl adjacent to an activating group) is 1. The number of pyridine rings is 1. The van der Waals surface area contributed by atoms with E-state index >= 15 is 0 Å². The van der Waals surface area contributed by atoms with Crippen LogP contribution in [0.2, 0.25) is 0 Å². The predicted octanol–water partition coefficient (Wildman–Crippen LogP) is 0.750. The van der Waals surface area contributed by atoms with E-state index < -0.39 is 4.92 Å². The summed E-state index contributed by atoms with van der Waals surface area (Å²) in [5.74, 6) is 0.793. The van der Waals surface area contributed by atoms with E-state index in [1.807, 2.05) is 0 Å². The van der Waals surface area contributed by atoms with Gasteiger partial charge in [0.25, 0.3) is 5.88 Å². The van der Waals surface area contributed by atoms with Crippen molar-refractivity contribution in [2.45, 2.75) is 0 Å². The molecule has 1 aromatic rings. The summed E-state index contributed by atoms with van der Waals surface area (Å²) in [6.07, 6.45) is 0. The zero-order valence-corrected chi connectivity index (χ0v) is 10.5. The molecule has 1 saturated heterocycles. The van der Waals surface area contributed by atoms with E-state index in [-0.39, 0.29) is 11.6 Å². The van der Waals surface area contributed by atoms with Crippen LogP contribution in [0.1, 0.15) is 0 Å². The molecule has 0 atom stereocenters. The quantitative estimate of drug-likeness (QED) is 0.584. The lowest BCUT2D eigenvalue weighted by atomic mass is 10.3. The second-order valence-corrected chi connectivity index (χ2v) is 4.25. The van der Waals surface area contributed by atoms with Gasteiger partial charge in [0, 0.05) is 32.2 Å². The van der Waals surface area contributed by atoms with Gasteiger partial charge in [-0.2, -0.15) is 4.98 Å². The molecule has 2 rings (SSSR count). The highest BCUT2D eigenvalue weighted by Crippen LogP contribution is 2.27. The summed E-state index contributed by atoms with van der Waals surface area (Å²) < 4.78 is 4.97. The second kappa shape index (κ2) is 5.18. The Morgan fingerprint density at radius 3 is 2.56 bits per heavy atom. The summed E-state index contributed by atoms with van der Waals surface area (Å²) in [7, 11) is 3.46. The van der Waals surface area contributed by atoms with Gasteiger partial charge in [-0.05, 0) is 13.1 Å². The number of ether oxygens (including phenoxy) is 1. The molecule has 0 spiro atoms. The Morgan fingerprint density at radius 1 is 1.33 bits per heavy atom. The summed E-state index contributed by atoms with van der Waals surface area (Å²) in [6.45, 7) is 3.65. The van der Waals surface area contributed by atoms with Crippen LogP contribution in [0.3, 0.4) is 0 Å². The van der Waals surface area contributed by atoms with Crippen molar-refractivity contribution in [3.05, 3.63) is 22.2 Å². The van der Waals surface area contributed by atoms with Crippen LogP contribution >= 0.6 is 0 Å². The van der Waals surface area contributed by atoms with Crippen LogP contribution in [-0.2, 0) is 0 Å². The number of rotatable bonds is 3. The maximum Gasteiger partial charge on any atom is 0.331 e. The number of nitro groups is 1. The van der Waals surface area contributed by atoms with Crippen molar-refractivity contribution in [3.63, 3.8) is 0 Å². The van der Waals surface area contributed by atoms with Crippen molar-refractivity contribution in [2.75, 3.05) is 45.2 Å². The molecule has 0 bridgehead atoms. The van der Waals surface area contributed by atoms with Crippen LogP contribution in [0.5, 0.6) is 5.88 Å². The second-order valence-electron chi connectivity index (χ2n) is 4.25. The van der Waals surface area contributed by atoms with Gasteiger partial charge in [0.1, 0.15) is 5.82 Å². The number of methoxy groups -OCH3 is 1. The molecule has 1 aliphatic rings. The van der Waals surface area contributed by atoms with E-state index in [2.05, 4.69) is 21.8 Å².